The van der Waals surface area contributed by atoms with Gasteiger partial charge < -0.3 is 25.0 Å². The molecule has 1 fully saturated rings. The molecule has 8 nitrogen and oxygen atoms in total. The Morgan fingerprint density at radius 2 is 2.10 bits per heavy atom. The monoisotopic (exact) mass is 395 g/mol. The molecule has 150 valence electrons. The molecule has 4 rings (SSSR count). The van der Waals surface area contributed by atoms with Gasteiger partial charge in [0.1, 0.15) is 11.8 Å². The van der Waals surface area contributed by atoms with Crippen LogP contribution in [0, 0.1) is 0 Å². The molecule has 2 aromatic carbocycles. The molecule has 2 N–H and O–H groups in total. The van der Waals surface area contributed by atoms with Gasteiger partial charge in [0, 0.05) is 18.3 Å². The number of hydrogen-bond donors (Lipinski definition) is 2. The summed E-state index contributed by atoms with van der Waals surface area (Å²) in [5.41, 5.74) is 2.31. The van der Waals surface area contributed by atoms with Crippen LogP contribution in [-0.2, 0) is 14.3 Å². The minimum Gasteiger partial charge on any atom is -0.497 e. The number of rotatable bonds is 5. The molecule has 0 saturated carbocycles. The summed E-state index contributed by atoms with van der Waals surface area (Å²) in [6.45, 7) is 0.396. The van der Waals surface area contributed by atoms with Crippen molar-refractivity contribution in [3.8, 4) is 5.75 Å². The zero-order valence-electron chi connectivity index (χ0n) is 15.9. The Hall–Kier alpha value is -3.55. The van der Waals surface area contributed by atoms with Gasteiger partial charge in [-0.25, -0.2) is 4.79 Å². The minimum atomic E-state index is -0.633. The molecular weight excluding hydrogens is 374 g/mol. The fourth-order valence-corrected chi connectivity index (χ4v) is 3.67. The molecule has 2 heterocycles. The highest BCUT2D eigenvalue weighted by Crippen LogP contribution is 2.37. The fourth-order valence-electron chi connectivity index (χ4n) is 3.67. The molecule has 8 heteroatoms. The topological polar surface area (TPSA) is 97.0 Å². The van der Waals surface area contributed by atoms with Crippen LogP contribution in [0.25, 0.3) is 0 Å². The van der Waals surface area contributed by atoms with Crippen molar-refractivity contribution in [2.45, 2.75) is 18.9 Å². The number of carbonyl (C=O) groups excluding carboxylic acids is 3. The zero-order chi connectivity index (χ0) is 20.4. The lowest BCUT2D eigenvalue weighted by Crippen LogP contribution is -2.43. The van der Waals surface area contributed by atoms with Gasteiger partial charge >= 0.3 is 5.97 Å². The second-order valence-corrected chi connectivity index (χ2v) is 6.93. The Labute approximate surface area is 167 Å². The van der Waals surface area contributed by atoms with E-state index in [1.807, 2.05) is 0 Å². The van der Waals surface area contributed by atoms with E-state index in [-0.39, 0.29) is 17.5 Å². The van der Waals surface area contributed by atoms with Crippen molar-refractivity contribution in [2.75, 3.05) is 35.8 Å². The Bertz CT molecular complexity index is 975. The highest BCUT2D eigenvalue weighted by molar-refractivity contribution is 6.05. The number of esters is 1. The van der Waals surface area contributed by atoms with Crippen LogP contribution in [0.1, 0.15) is 23.2 Å². The Balaban J connectivity index is 1.38. The third kappa shape index (κ3) is 3.87. The lowest BCUT2D eigenvalue weighted by Gasteiger charge is -2.33. The normalized spacial score (nSPS) is 17.1. The molecular formula is C21H21N3O5. The highest BCUT2D eigenvalue weighted by atomic mass is 16.5. The van der Waals surface area contributed by atoms with Gasteiger partial charge in [-0.1, -0.05) is 6.07 Å². The second kappa shape index (κ2) is 7.83. The maximum atomic E-state index is 12.3. The van der Waals surface area contributed by atoms with Crippen molar-refractivity contribution in [1.29, 1.82) is 0 Å². The van der Waals surface area contributed by atoms with Crippen LogP contribution in [0.5, 0.6) is 5.75 Å². The Morgan fingerprint density at radius 3 is 2.93 bits per heavy atom. The molecule has 2 aliphatic heterocycles. The molecule has 29 heavy (non-hydrogen) atoms. The van der Waals surface area contributed by atoms with E-state index >= 15 is 0 Å². The lowest BCUT2D eigenvalue weighted by atomic mass is 10.1. The van der Waals surface area contributed by atoms with E-state index in [0.29, 0.717) is 17.1 Å². The third-order valence-electron chi connectivity index (χ3n) is 5.04. The Kier molecular flexibility index (Phi) is 5.07. The van der Waals surface area contributed by atoms with E-state index in [4.69, 9.17) is 9.47 Å². The molecule has 2 aromatic rings. The fraction of sp³-hybridized carbons (Fsp3) is 0.286. The van der Waals surface area contributed by atoms with Gasteiger partial charge in [-0.05, 0) is 43.2 Å². The first kappa shape index (κ1) is 18.8. The van der Waals surface area contributed by atoms with Crippen LogP contribution in [-0.4, -0.2) is 44.1 Å². The van der Waals surface area contributed by atoms with Crippen LogP contribution < -0.4 is 20.3 Å². The smallest absolute Gasteiger partial charge is 0.338 e. The van der Waals surface area contributed by atoms with Crippen molar-refractivity contribution in [1.82, 2.24) is 0 Å². The molecule has 0 unspecified atom stereocenters. The lowest BCUT2D eigenvalue weighted by molar-refractivity contribution is -0.119. The van der Waals surface area contributed by atoms with Gasteiger partial charge in [0.25, 0.3) is 5.91 Å². The molecule has 1 atom stereocenters. The number of fused-ring (bicyclic) bond motifs is 3. The number of anilines is 3. The maximum absolute atomic E-state index is 12.3. The summed E-state index contributed by atoms with van der Waals surface area (Å²) in [5.74, 6) is -0.543. The van der Waals surface area contributed by atoms with Gasteiger partial charge in [0.05, 0.1) is 24.0 Å². The number of nitrogens with one attached hydrogen (secondary N) is 2. The van der Waals surface area contributed by atoms with Crippen LogP contribution in [0.3, 0.4) is 0 Å². The van der Waals surface area contributed by atoms with Crippen molar-refractivity contribution in [3.63, 3.8) is 0 Å². The molecule has 2 aliphatic rings. The maximum Gasteiger partial charge on any atom is 0.338 e. The average molecular weight is 395 g/mol. The third-order valence-corrected chi connectivity index (χ3v) is 5.04. The van der Waals surface area contributed by atoms with E-state index in [0.717, 1.165) is 25.1 Å². The largest absolute Gasteiger partial charge is 0.497 e. The summed E-state index contributed by atoms with van der Waals surface area (Å²) in [5, 5.41) is 5.50. The SMILES string of the molecule is COc1cccc(NC(=O)COC(=O)c2ccc3c(c2)NC(=O)[C@@H]2CCCN32)c1. The molecule has 0 radical (unpaired) electrons. The van der Waals surface area contributed by atoms with Crippen LogP contribution in [0.2, 0.25) is 0 Å². The van der Waals surface area contributed by atoms with Crippen LogP contribution in [0.4, 0.5) is 17.1 Å². The molecule has 2 amide bonds. The summed E-state index contributed by atoms with van der Waals surface area (Å²) in [6, 6.07) is 11.8. The zero-order valence-corrected chi connectivity index (χ0v) is 15.9. The van der Waals surface area contributed by atoms with Gasteiger partial charge in [-0.2, -0.15) is 0 Å². The molecule has 0 aromatic heterocycles. The first-order valence-electron chi connectivity index (χ1n) is 9.38. The summed E-state index contributed by atoms with van der Waals surface area (Å²) in [7, 11) is 1.54. The van der Waals surface area contributed by atoms with Gasteiger partial charge in [0.2, 0.25) is 5.91 Å². The van der Waals surface area contributed by atoms with Crippen LogP contribution in [0.15, 0.2) is 42.5 Å². The van der Waals surface area contributed by atoms with Crippen molar-refractivity contribution >= 4 is 34.8 Å². The highest BCUT2D eigenvalue weighted by Gasteiger charge is 2.36. The summed E-state index contributed by atoms with van der Waals surface area (Å²) in [4.78, 5) is 38.7. The standard InChI is InChI=1S/C21H21N3O5/c1-28-15-5-2-4-14(11-15)22-19(25)12-29-21(27)13-7-8-17-16(10-13)23-20(26)18-6-3-9-24(17)18/h2,4-5,7-8,10-11,18H,3,6,9,12H2,1H3,(H,22,25)(H,23,26)/t18-/m0/s1. The predicted octanol–water partition coefficient (Wildman–Crippen LogP) is 2.41. The molecule has 1 saturated heterocycles. The van der Waals surface area contributed by atoms with Gasteiger partial charge in [-0.15, -0.1) is 0 Å². The van der Waals surface area contributed by atoms with Crippen molar-refractivity contribution in [2.24, 2.45) is 0 Å². The van der Waals surface area contributed by atoms with Crippen LogP contribution >= 0.6 is 0 Å². The second-order valence-electron chi connectivity index (χ2n) is 6.93. The number of nitrogens with zero attached hydrogens (tertiary/aromatic N) is 1. The summed E-state index contributed by atoms with van der Waals surface area (Å²) in [6.07, 6.45) is 1.79. The molecule has 0 aliphatic carbocycles. The average Bonchev–Trinajstić information content (AvgIpc) is 3.22. The predicted molar refractivity (Wildman–Crippen MR) is 107 cm³/mol. The first-order valence-corrected chi connectivity index (χ1v) is 9.38. The van der Waals surface area contributed by atoms with Gasteiger partial charge in [-0.3, -0.25) is 9.59 Å². The number of ether oxygens (including phenoxy) is 2. The van der Waals surface area contributed by atoms with E-state index < -0.39 is 18.5 Å². The summed E-state index contributed by atoms with van der Waals surface area (Å²) < 4.78 is 10.2. The number of hydrogen-bond acceptors (Lipinski definition) is 6. The first-order chi connectivity index (χ1) is 14.0. The van der Waals surface area contributed by atoms with E-state index in [1.165, 1.54) is 7.11 Å². The number of amides is 2. The number of methoxy groups -OCH3 is 1. The quantitative estimate of drug-likeness (QED) is 0.755. The molecule has 0 bridgehead atoms. The minimum absolute atomic E-state index is 0.0572. The number of carbonyl (C=O) groups is 3. The van der Waals surface area contributed by atoms with E-state index in [2.05, 4.69) is 15.5 Å². The number of benzene rings is 2. The van der Waals surface area contributed by atoms with Crippen molar-refractivity contribution in [3.05, 3.63) is 48.0 Å². The van der Waals surface area contributed by atoms with Gasteiger partial charge in [0.15, 0.2) is 6.61 Å². The van der Waals surface area contributed by atoms with E-state index in [9.17, 15) is 14.4 Å². The van der Waals surface area contributed by atoms with E-state index in [1.54, 1.807) is 42.5 Å². The Morgan fingerprint density at radius 1 is 1.24 bits per heavy atom. The summed E-state index contributed by atoms with van der Waals surface area (Å²) >= 11 is 0. The van der Waals surface area contributed by atoms with Crippen molar-refractivity contribution < 1.29 is 23.9 Å². The molecule has 0 spiro atoms.